The van der Waals surface area contributed by atoms with Gasteiger partial charge in [-0.3, -0.25) is 4.79 Å². The third kappa shape index (κ3) is 5.28. The van der Waals surface area contributed by atoms with Crippen LogP contribution in [0.4, 0.5) is 5.82 Å². The standard InChI is InChI=1S/C27H29N5O4/c1-18(33)31-26-24-27(29-16-28-26)32(17-30-24)22-12-23(36-14-20-10-6-3-7-11-20)21(25(22)34)15-35-13-19-8-4-2-5-9-19/h2-11,16-17,21-23,25,34H,12-15H2,1H3,(H,28,29,31,33)/t21?,22?,23?,25-/m0/s1. The molecule has 0 radical (unpaired) electrons. The fourth-order valence-corrected chi connectivity index (χ4v) is 4.75. The Morgan fingerprint density at radius 3 is 2.42 bits per heavy atom. The van der Waals surface area contributed by atoms with Gasteiger partial charge in [0.1, 0.15) is 6.33 Å². The first kappa shape index (κ1) is 24.1. The number of rotatable bonds is 9. The first-order chi connectivity index (χ1) is 17.6. The summed E-state index contributed by atoms with van der Waals surface area (Å²) >= 11 is 0. The minimum absolute atomic E-state index is 0.227. The number of aromatic nitrogens is 4. The number of carbonyl (C=O) groups excluding carboxylic acids is 1. The summed E-state index contributed by atoms with van der Waals surface area (Å²) in [5.74, 6) is -0.134. The van der Waals surface area contributed by atoms with Crippen molar-refractivity contribution in [1.29, 1.82) is 0 Å². The van der Waals surface area contributed by atoms with Crippen LogP contribution in [0.3, 0.4) is 0 Å². The van der Waals surface area contributed by atoms with Crippen molar-refractivity contribution in [3.8, 4) is 0 Å². The third-order valence-corrected chi connectivity index (χ3v) is 6.52. The van der Waals surface area contributed by atoms with E-state index in [9.17, 15) is 9.90 Å². The number of aliphatic hydroxyl groups is 1. The maximum absolute atomic E-state index is 11.6. The molecule has 0 saturated heterocycles. The molecular weight excluding hydrogens is 458 g/mol. The fourth-order valence-electron chi connectivity index (χ4n) is 4.75. The lowest BCUT2D eigenvalue weighted by molar-refractivity contribution is -0.114. The summed E-state index contributed by atoms with van der Waals surface area (Å²) in [5.41, 5.74) is 3.17. The lowest BCUT2D eigenvalue weighted by atomic mass is 10.0. The Kier molecular flexibility index (Phi) is 7.31. The molecule has 1 saturated carbocycles. The van der Waals surface area contributed by atoms with Crippen molar-refractivity contribution in [1.82, 2.24) is 19.5 Å². The van der Waals surface area contributed by atoms with E-state index in [2.05, 4.69) is 20.3 Å². The number of aliphatic hydroxyl groups excluding tert-OH is 1. The van der Waals surface area contributed by atoms with Crippen LogP contribution in [0.25, 0.3) is 11.2 Å². The zero-order chi connectivity index (χ0) is 24.9. The molecule has 36 heavy (non-hydrogen) atoms. The highest BCUT2D eigenvalue weighted by Gasteiger charge is 2.44. The van der Waals surface area contributed by atoms with Crippen LogP contribution in [0, 0.1) is 5.92 Å². The number of carbonyl (C=O) groups is 1. The van der Waals surface area contributed by atoms with Crippen molar-refractivity contribution in [2.24, 2.45) is 5.92 Å². The van der Waals surface area contributed by atoms with Gasteiger partial charge in [0.05, 0.1) is 44.4 Å². The number of nitrogens with one attached hydrogen (secondary N) is 1. The predicted molar refractivity (Wildman–Crippen MR) is 134 cm³/mol. The summed E-state index contributed by atoms with van der Waals surface area (Å²) in [6.07, 6.45) is 2.63. The largest absolute Gasteiger partial charge is 0.390 e. The Balaban J connectivity index is 1.36. The summed E-state index contributed by atoms with van der Waals surface area (Å²) in [7, 11) is 0. The van der Waals surface area contributed by atoms with E-state index in [1.54, 1.807) is 6.33 Å². The minimum atomic E-state index is -0.738. The van der Waals surface area contributed by atoms with E-state index in [1.165, 1.54) is 13.3 Å². The molecule has 2 aromatic carbocycles. The zero-order valence-electron chi connectivity index (χ0n) is 20.0. The normalized spacial score (nSPS) is 21.6. The molecule has 1 aliphatic carbocycles. The second-order valence-corrected chi connectivity index (χ2v) is 9.02. The van der Waals surface area contributed by atoms with Gasteiger partial charge in [0.2, 0.25) is 5.91 Å². The molecule has 4 atom stereocenters. The van der Waals surface area contributed by atoms with E-state index in [0.717, 1.165) is 11.1 Å². The molecule has 0 bridgehead atoms. The summed E-state index contributed by atoms with van der Waals surface area (Å²) in [6.45, 7) is 2.67. The van der Waals surface area contributed by atoms with Crippen LogP contribution in [0.1, 0.15) is 30.5 Å². The maximum Gasteiger partial charge on any atom is 0.222 e. The smallest absolute Gasteiger partial charge is 0.222 e. The maximum atomic E-state index is 11.6. The number of anilines is 1. The van der Waals surface area contributed by atoms with Gasteiger partial charge in [-0.25, -0.2) is 15.0 Å². The van der Waals surface area contributed by atoms with Crippen LogP contribution in [0.2, 0.25) is 0 Å². The van der Waals surface area contributed by atoms with E-state index in [0.29, 0.717) is 43.2 Å². The van der Waals surface area contributed by atoms with E-state index in [1.807, 2.05) is 65.2 Å². The van der Waals surface area contributed by atoms with Crippen LogP contribution in [0.5, 0.6) is 0 Å². The topological polar surface area (TPSA) is 111 Å². The molecule has 9 nitrogen and oxygen atoms in total. The van der Waals surface area contributed by atoms with Gasteiger partial charge in [0.15, 0.2) is 17.0 Å². The molecule has 2 heterocycles. The number of hydrogen-bond acceptors (Lipinski definition) is 7. The van der Waals surface area contributed by atoms with Crippen LogP contribution in [0.15, 0.2) is 73.3 Å². The Morgan fingerprint density at radius 2 is 1.72 bits per heavy atom. The average molecular weight is 488 g/mol. The van der Waals surface area contributed by atoms with E-state index in [-0.39, 0.29) is 24.0 Å². The zero-order valence-corrected chi connectivity index (χ0v) is 20.0. The molecule has 186 valence electrons. The molecule has 3 unspecified atom stereocenters. The number of nitrogens with zero attached hydrogens (tertiary/aromatic N) is 4. The SMILES string of the molecule is CC(=O)Nc1ncnc2c1ncn2C1CC(OCc2ccccc2)C(COCc2ccccc2)[C@@H]1O. The number of amides is 1. The molecule has 9 heteroatoms. The molecule has 0 aliphatic heterocycles. The Hall–Kier alpha value is -3.66. The molecule has 5 rings (SSSR count). The van der Waals surface area contributed by atoms with E-state index < -0.39 is 6.10 Å². The molecule has 4 aromatic rings. The van der Waals surface area contributed by atoms with Gasteiger partial charge in [0, 0.05) is 12.8 Å². The average Bonchev–Trinajstić information content (AvgIpc) is 3.45. The summed E-state index contributed by atoms with van der Waals surface area (Å²) in [6, 6.07) is 19.6. The van der Waals surface area contributed by atoms with Crippen LogP contribution >= 0.6 is 0 Å². The fraction of sp³-hybridized carbons (Fsp3) is 0.333. The van der Waals surface area contributed by atoms with Crippen molar-refractivity contribution in [3.05, 3.63) is 84.4 Å². The highest BCUT2D eigenvalue weighted by Crippen LogP contribution is 2.39. The lowest BCUT2D eigenvalue weighted by Crippen LogP contribution is -2.31. The summed E-state index contributed by atoms with van der Waals surface area (Å²) < 4.78 is 14.2. The van der Waals surface area contributed by atoms with Gasteiger partial charge < -0.3 is 24.5 Å². The van der Waals surface area contributed by atoms with E-state index >= 15 is 0 Å². The predicted octanol–water partition coefficient (Wildman–Crippen LogP) is 3.51. The summed E-state index contributed by atoms with van der Waals surface area (Å²) in [4.78, 5) is 24.5. The molecule has 1 aliphatic rings. The Morgan fingerprint density at radius 1 is 1.03 bits per heavy atom. The van der Waals surface area contributed by atoms with Crippen molar-refractivity contribution in [3.63, 3.8) is 0 Å². The van der Waals surface area contributed by atoms with Crippen LogP contribution in [-0.2, 0) is 27.5 Å². The number of imidazole rings is 1. The number of fused-ring (bicyclic) bond motifs is 1. The Bertz CT molecular complexity index is 1300. The molecule has 2 N–H and O–H groups in total. The number of hydrogen-bond donors (Lipinski definition) is 2. The number of ether oxygens (including phenoxy) is 2. The van der Waals surface area contributed by atoms with Crippen molar-refractivity contribution >= 4 is 22.9 Å². The van der Waals surface area contributed by atoms with Gasteiger partial charge in [-0.1, -0.05) is 60.7 Å². The minimum Gasteiger partial charge on any atom is -0.390 e. The molecule has 1 fully saturated rings. The molecule has 0 spiro atoms. The lowest BCUT2D eigenvalue weighted by Gasteiger charge is -2.23. The molecule has 2 aromatic heterocycles. The Labute approximate surface area is 209 Å². The highest BCUT2D eigenvalue weighted by molar-refractivity contribution is 5.95. The van der Waals surface area contributed by atoms with Gasteiger partial charge in [-0.2, -0.15) is 0 Å². The highest BCUT2D eigenvalue weighted by atomic mass is 16.5. The molecular formula is C27H29N5O4. The van der Waals surface area contributed by atoms with Gasteiger partial charge >= 0.3 is 0 Å². The van der Waals surface area contributed by atoms with Crippen molar-refractivity contribution in [2.75, 3.05) is 11.9 Å². The molecule has 1 amide bonds. The quantitative estimate of drug-likeness (QED) is 0.372. The van der Waals surface area contributed by atoms with Crippen molar-refractivity contribution in [2.45, 2.75) is 44.8 Å². The van der Waals surface area contributed by atoms with E-state index in [4.69, 9.17) is 9.47 Å². The van der Waals surface area contributed by atoms with Gasteiger partial charge in [-0.05, 0) is 17.5 Å². The monoisotopic (exact) mass is 487 g/mol. The first-order valence-corrected chi connectivity index (χ1v) is 12.0. The van der Waals surface area contributed by atoms with Crippen LogP contribution in [-0.4, -0.2) is 49.3 Å². The summed E-state index contributed by atoms with van der Waals surface area (Å²) in [5, 5.41) is 14.1. The number of benzene rings is 2. The van der Waals surface area contributed by atoms with Crippen LogP contribution < -0.4 is 5.32 Å². The third-order valence-electron chi connectivity index (χ3n) is 6.52. The second kappa shape index (κ2) is 10.9. The van der Waals surface area contributed by atoms with Gasteiger partial charge in [0.25, 0.3) is 0 Å². The van der Waals surface area contributed by atoms with Crippen molar-refractivity contribution < 1.29 is 19.4 Å². The first-order valence-electron chi connectivity index (χ1n) is 12.0. The van der Waals surface area contributed by atoms with Gasteiger partial charge in [-0.15, -0.1) is 0 Å². The second-order valence-electron chi connectivity index (χ2n) is 9.02.